The van der Waals surface area contributed by atoms with Crippen LogP contribution in [0, 0.1) is 3.57 Å². The molecule has 1 rings (SSSR count). The first-order valence-electron chi connectivity index (χ1n) is 4.06. The third kappa shape index (κ3) is 2.83. The maximum atomic E-state index is 11.4. The predicted octanol–water partition coefficient (Wildman–Crippen LogP) is 1.96. The maximum absolute atomic E-state index is 11.4. The third-order valence-corrected chi connectivity index (χ3v) is 2.19. The molecule has 1 aromatic rings. The van der Waals surface area contributed by atoms with Crippen LogP contribution in [-0.4, -0.2) is 22.2 Å². The highest BCUT2D eigenvalue weighted by Gasteiger charge is 2.14. The largest absolute Gasteiger partial charge is 0.506 e. The fourth-order valence-electron chi connectivity index (χ4n) is 0.848. The number of esters is 1. The minimum absolute atomic E-state index is 0.0375. The van der Waals surface area contributed by atoms with Crippen LogP contribution in [0.2, 0.25) is 0 Å². The van der Waals surface area contributed by atoms with E-state index in [1.54, 1.807) is 13.8 Å². The lowest BCUT2D eigenvalue weighted by atomic mass is 10.3. The van der Waals surface area contributed by atoms with Gasteiger partial charge in [0.2, 0.25) is 0 Å². The fourth-order valence-corrected chi connectivity index (χ4v) is 1.53. The molecule has 0 fully saturated rings. The predicted molar refractivity (Wildman–Crippen MR) is 59.2 cm³/mol. The van der Waals surface area contributed by atoms with Gasteiger partial charge in [0.05, 0.1) is 12.3 Å². The first-order chi connectivity index (χ1) is 6.50. The molecule has 4 nitrogen and oxygen atoms in total. The highest BCUT2D eigenvalue weighted by molar-refractivity contribution is 14.1. The smallest absolute Gasteiger partial charge is 0.358 e. The summed E-state index contributed by atoms with van der Waals surface area (Å²) in [7, 11) is 0. The summed E-state index contributed by atoms with van der Waals surface area (Å²) in [5.74, 6) is -0.431. The Kier molecular flexibility index (Phi) is 3.68. The lowest BCUT2D eigenvalue weighted by molar-refractivity contribution is 0.0369. The highest BCUT2D eigenvalue weighted by atomic mass is 127. The van der Waals surface area contributed by atoms with Crippen molar-refractivity contribution in [3.8, 4) is 5.75 Å². The molecule has 0 amide bonds. The molecule has 0 radical (unpaired) electrons. The molecule has 0 aromatic carbocycles. The summed E-state index contributed by atoms with van der Waals surface area (Å²) < 4.78 is 5.55. The number of nitrogens with zero attached hydrogens (tertiary/aromatic N) is 1. The minimum atomic E-state index is -0.468. The zero-order valence-electron chi connectivity index (χ0n) is 7.82. The van der Waals surface area contributed by atoms with Gasteiger partial charge in [0.15, 0.2) is 5.69 Å². The molecule has 1 aromatic heterocycles. The lowest BCUT2D eigenvalue weighted by Gasteiger charge is -2.08. The summed E-state index contributed by atoms with van der Waals surface area (Å²) >= 11 is 1.92. The first-order valence-corrected chi connectivity index (χ1v) is 5.14. The van der Waals surface area contributed by atoms with Crippen molar-refractivity contribution in [3.05, 3.63) is 21.5 Å². The van der Waals surface area contributed by atoms with Gasteiger partial charge in [-0.2, -0.15) is 0 Å². The molecule has 0 saturated carbocycles. The van der Waals surface area contributed by atoms with Gasteiger partial charge in [0.25, 0.3) is 0 Å². The molecule has 0 bridgehead atoms. The van der Waals surface area contributed by atoms with Crippen molar-refractivity contribution in [2.24, 2.45) is 0 Å². The van der Waals surface area contributed by atoms with Crippen molar-refractivity contribution in [1.29, 1.82) is 0 Å². The van der Waals surface area contributed by atoms with Crippen molar-refractivity contribution in [1.82, 2.24) is 4.98 Å². The number of ether oxygens (including phenoxy) is 1. The van der Waals surface area contributed by atoms with Crippen molar-refractivity contribution >= 4 is 28.6 Å². The SMILES string of the molecule is CC(C)OC(=O)c1ncc(O)cc1I. The Morgan fingerprint density at radius 3 is 2.79 bits per heavy atom. The summed E-state index contributed by atoms with van der Waals surface area (Å²) in [5.41, 5.74) is 0.233. The van der Waals surface area contributed by atoms with Gasteiger partial charge in [0, 0.05) is 3.57 Å². The summed E-state index contributed by atoms with van der Waals surface area (Å²) in [5, 5.41) is 9.08. The number of carbonyl (C=O) groups excluding carboxylic acids is 1. The molecule has 0 saturated heterocycles. The number of pyridine rings is 1. The standard InChI is InChI=1S/C9H10INO3/c1-5(2)14-9(13)8-7(10)3-6(12)4-11-8/h3-5,12H,1-2H3. The van der Waals surface area contributed by atoms with E-state index in [-0.39, 0.29) is 17.5 Å². The van der Waals surface area contributed by atoms with Crippen LogP contribution in [0.3, 0.4) is 0 Å². The molecule has 0 spiro atoms. The fraction of sp³-hybridized carbons (Fsp3) is 0.333. The summed E-state index contributed by atoms with van der Waals surface area (Å²) in [4.78, 5) is 15.2. The maximum Gasteiger partial charge on any atom is 0.358 e. The second-order valence-electron chi connectivity index (χ2n) is 2.98. The summed E-state index contributed by atoms with van der Waals surface area (Å²) in [6.45, 7) is 3.54. The van der Waals surface area contributed by atoms with Crippen LogP contribution in [0.25, 0.3) is 0 Å². The van der Waals surface area contributed by atoms with E-state index in [0.717, 1.165) is 0 Å². The van der Waals surface area contributed by atoms with Crippen molar-refractivity contribution in [2.45, 2.75) is 20.0 Å². The van der Waals surface area contributed by atoms with Crippen LogP contribution in [0.15, 0.2) is 12.3 Å². The molecule has 1 heterocycles. The number of hydrogen-bond acceptors (Lipinski definition) is 4. The minimum Gasteiger partial charge on any atom is -0.506 e. The van der Waals surface area contributed by atoms with Gasteiger partial charge in [0.1, 0.15) is 5.75 Å². The van der Waals surface area contributed by atoms with E-state index in [0.29, 0.717) is 3.57 Å². The molecule has 14 heavy (non-hydrogen) atoms. The second-order valence-corrected chi connectivity index (χ2v) is 4.14. The number of hydrogen-bond donors (Lipinski definition) is 1. The van der Waals surface area contributed by atoms with E-state index >= 15 is 0 Å². The Balaban J connectivity index is 2.90. The number of aromatic nitrogens is 1. The second kappa shape index (κ2) is 4.59. The van der Waals surface area contributed by atoms with E-state index in [1.807, 2.05) is 22.6 Å². The molecular formula is C9H10INO3. The van der Waals surface area contributed by atoms with Gasteiger partial charge in [-0.3, -0.25) is 0 Å². The monoisotopic (exact) mass is 307 g/mol. The Hall–Kier alpha value is -0.850. The van der Waals surface area contributed by atoms with Crippen LogP contribution in [0.5, 0.6) is 5.75 Å². The first kappa shape index (κ1) is 11.2. The Bertz CT molecular complexity index is 352. The number of rotatable bonds is 2. The van der Waals surface area contributed by atoms with Gasteiger partial charge >= 0.3 is 5.97 Å². The molecule has 0 aliphatic rings. The van der Waals surface area contributed by atoms with Crippen LogP contribution in [0.1, 0.15) is 24.3 Å². The lowest BCUT2D eigenvalue weighted by Crippen LogP contribution is -2.14. The molecule has 0 unspecified atom stereocenters. The summed E-state index contributed by atoms with van der Waals surface area (Å²) in [6.07, 6.45) is 1.05. The zero-order chi connectivity index (χ0) is 10.7. The quantitative estimate of drug-likeness (QED) is 0.670. The van der Waals surface area contributed by atoms with Gasteiger partial charge < -0.3 is 9.84 Å². The zero-order valence-corrected chi connectivity index (χ0v) is 9.98. The van der Waals surface area contributed by atoms with Gasteiger partial charge in [-0.05, 0) is 42.5 Å². The molecule has 1 N–H and O–H groups in total. The van der Waals surface area contributed by atoms with Gasteiger partial charge in [-0.1, -0.05) is 0 Å². The normalized spacial score (nSPS) is 10.3. The third-order valence-electron chi connectivity index (χ3n) is 1.36. The van der Waals surface area contributed by atoms with Crippen LogP contribution in [-0.2, 0) is 4.74 Å². The van der Waals surface area contributed by atoms with Crippen LogP contribution >= 0.6 is 22.6 Å². The summed E-state index contributed by atoms with van der Waals surface area (Å²) in [6, 6.07) is 1.46. The molecule has 0 atom stereocenters. The van der Waals surface area contributed by atoms with E-state index in [1.165, 1.54) is 12.3 Å². The van der Waals surface area contributed by atoms with E-state index in [4.69, 9.17) is 9.84 Å². The molecule has 5 heteroatoms. The van der Waals surface area contributed by atoms with E-state index in [9.17, 15) is 4.79 Å². The van der Waals surface area contributed by atoms with Gasteiger partial charge in [-0.25, -0.2) is 9.78 Å². The molecule has 0 aliphatic heterocycles. The molecule has 0 aliphatic carbocycles. The Morgan fingerprint density at radius 1 is 1.64 bits per heavy atom. The average molecular weight is 307 g/mol. The van der Waals surface area contributed by atoms with E-state index in [2.05, 4.69) is 4.98 Å². The van der Waals surface area contributed by atoms with Crippen molar-refractivity contribution < 1.29 is 14.6 Å². The van der Waals surface area contributed by atoms with Crippen molar-refractivity contribution in [3.63, 3.8) is 0 Å². The van der Waals surface area contributed by atoms with Crippen LogP contribution < -0.4 is 0 Å². The molecular weight excluding hydrogens is 297 g/mol. The van der Waals surface area contributed by atoms with Crippen LogP contribution in [0.4, 0.5) is 0 Å². The molecule has 76 valence electrons. The van der Waals surface area contributed by atoms with Crippen molar-refractivity contribution in [2.75, 3.05) is 0 Å². The Morgan fingerprint density at radius 2 is 2.29 bits per heavy atom. The van der Waals surface area contributed by atoms with E-state index < -0.39 is 5.97 Å². The number of carbonyl (C=O) groups is 1. The number of halogens is 1. The van der Waals surface area contributed by atoms with Gasteiger partial charge in [-0.15, -0.1) is 0 Å². The average Bonchev–Trinajstić information content (AvgIpc) is 2.01. The topological polar surface area (TPSA) is 59.4 Å². The Labute approximate surface area is 95.4 Å². The number of aromatic hydroxyl groups is 1. The highest BCUT2D eigenvalue weighted by Crippen LogP contribution is 2.16.